The van der Waals surface area contributed by atoms with Gasteiger partial charge >= 0.3 is 0 Å². The normalized spacial score (nSPS) is 10.6. The molecule has 0 fully saturated rings. The summed E-state index contributed by atoms with van der Waals surface area (Å²) in [5, 5.41) is 11.5. The Morgan fingerprint density at radius 2 is 1.96 bits per heavy atom. The van der Waals surface area contributed by atoms with Gasteiger partial charge in [0, 0.05) is 11.9 Å². The molecule has 2 aromatic carbocycles. The molecule has 0 atom stereocenters. The molecule has 0 aliphatic carbocycles. The molecule has 0 saturated carbocycles. The van der Waals surface area contributed by atoms with Crippen LogP contribution < -0.4 is 10.1 Å². The minimum atomic E-state index is -3.34. The molecule has 2 rings (SSSR count). The number of nitriles is 1. The van der Waals surface area contributed by atoms with Crippen molar-refractivity contribution in [3.05, 3.63) is 54.1 Å². The second kappa shape index (κ2) is 6.94. The first-order chi connectivity index (χ1) is 10.9. The van der Waals surface area contributed by atoms with Gasteiger partial charge < -0.3 is 10.1 Å². The van der Waals surface area contributed by atoms with Gasteiger partial charge in [-0.3, -0.25) is 4.79 Å². The highest BCUT2D eigenvalue weighted by Gasteiger charge is 2.10. The van der Waals surface area contributed by atoms with Crippen molar-refractivity contribution in [2.75, 3.05) is 18.2 Å². The van der Waals surface area contributed by atoms with Crippen LogP contribution in [0.2, 0.25) is 0 Å². The van der Waals surface area contributed by atoms with E-state index in [0.29, 0.717) is 17.0 Å². The van der Waals surface area contributed by atoms with Crippen molar-refractivity contribution in [2.45, 2.75) is 4.90 Å². The van der Waals surface area contributed by atoms with Crippen LogP contribution in [0.15, 0.2) is 53.4 Å². The first-order valence-electron chi connectivity index (χ1n) is 6.62. The molecule has 1 N–H and O–H groups in total. The quantitative estimate of drug-likeness (QED) is 0.904. The van der Waals surface area contributed by atoms with Crippen LogP contribution in [-0.2, 0) is 14.6 Å². The Bertz CT molecular complexity index is 870. The van der Waals surface area contributed by atoms with Gasteiger partial charge in [0.15, 0.2) is 16.4 Å². The molecule has 23 heavy (non-hydrogen) atoms. The number of hydrogen-bond donors (Lipinski definition) is 1. The number of carbonyl (C=O) groups excluding carboxylic acids is 1. The summed E-state index contributed by atoms with van der Waals surface area (Å²) in [5.74, 6) is -0.140. The SMILES string of the molecule is CS(=O)(=O)c1cccc(NC(=O)COc2ccccc2C#N)c1. The number of benzene rings is 2. The molecule has 6 nitrogen and oxygen atoms in total. The molecule has 0 aliphatic rings. The second-order valence-corrected chi connectivity index (χ2v) is 6.76. The van der Waals surface area contributed by atoms with E-state index in [1.54, 1.807) is 30.3 Å². The number of sulfone groups is 1. The van der Waals surface area contributed by atoms with E-state index in [9.17, 15) is 13.2 Å². The smallest absolute Gasteiger partial charge is 0.262 e. The lowest BCUT2D eigenvalue weighted by Gasteiger charge is -2.09. The number of hydrogen-bond acceptors (Lipinski definition) is 5. The summed E-state index contributed by atoms with van der Waals surface area (Å²) in [6.07, 6.45) is 1.09. The van der Waals surface area contributed by atoms with Crippen molar-refractivity contribution in [1.82, 2.24) is 0 Å². The number of nitrogens with one attached hydrogen (secondary N) is 1. The lowest BCUT2D eigenvalue weighted by Crippen LogP contribution is -2.20. The van der Waals surface area contributed by atoms with Gasteiger partial charge in [-0.25, -0.2) is 8.42 Å². The van der Waals surface area contributed by atoms with Crippen LogP contribution in [0.3, 0.4) is 0 Å². The predicted octanol–water partition coefficient (Wildman–Crippen LogP) is 1.98. The van der Waals surface area contributed by atoms with Crippen molar-refractivity contribution in [3.63, 3.8) is 0 Å². The third-order valence-corrected chi connectivity index (χ3v) is 4.02. The van der Waals surface area contributed by atoms with Crippen molar-refractivity contribution in [2.24, 2.45) is 0 Å². The second-order valence-electron chi connectivity index (χ2n) is 4.74. The fourth-order valence-electron chi connectivity index (χ4n) is 1.83. The first kappa shape index (κ1) is 16.5. The standard InChI is InChI=1S/C16H14N2O4S/c1-23(20,21)14-7-4-6-13(9-14)18-16(19)11-22-15-8-3-2-5-12(15)10-17/h2-9H,11H2,1H3,(H,18,19). The van der Waals surface area contributed by atoms with Crippen LogP contribution in [0, 0.1) is 11.3 Å². The Morgan fingerprint density at radius 1 is 1.22 bits per heavy atom. The Labute approximate surface area is 134 Å². The fraction of sp³-hybridized carbons (Fsp3) is 0.125. The average molecular weight is 330 g/mol. The van der Waals surface area contributed by atoms with Gasteiger partial charge in [0.25, 0.3) is 5.91 Å². The van der Waals surface area contributed by atoms with E-state index in [4.69, 9.17) is 10.00 Å². The van der Waals surface area contributed by atoms with E-state index < -0.39 is 15.7 Å². The van der Waals surface area contributed by atoms with Crippen molar-refractivity contribution in [1.29, 1.82) is 5.26 Å². The number of amides is 1. The molecule has 118 valence electrons. The molecule has 0 spiro atoms. The van der Waals surface area contributed by atoms with Crippen molar-refractivity contribution in [3.8, 4) is 11.8 Å². The first-order valence-corrected chi connectivity index (χ1v) is 8.51. The average Bonchev–Trinajstić information content (AvgIpc) is 2.52. The number of anilines is 1. The minimum Gasteiger partial charge on any atom is -0.482 e. The topological polar surface area (TPSA) is 96.3 Å². The molecule has 0 aromatic heterocycles. The molecular formula is C16H14N2O4S. The lowest BCUT2D eigenvalue weighted by atomic mass is 10.2. The Kier molecular flexibility index (Phi) is 4.98. The zero-order chi connectivity index (χ0) is 16.9. The third kappa shape index (κ3) is 4.56. The third-order valence-electron chi connectivity index (χ3n) is 2.91. The Morgan fingerprint density at radius 3 is 2.65 bits per heavy atom. The van der Waals surface area contributed by atoms with Crippen LogP contribution in [0.5, 0.6) is 5.75 Å². The summed E-state index contributed by atoms with van der Waals surface area (Å²) in [6, 6.07) is 14.5. The monoisotopic (exact) mass is 330 g/mol. The molecular weight excluding hydrogens is 316 g/mol. The summed E-state index contributed by atoms with van der Waals surface area (Å²) >= 11 is 0. The summed E-state index contributed by atoms with van der Waals surface area (Å²) in [4.78, 5) is 12.0. The summed E-state index contributed by atoms with van der Waals surface area (Å²) < 4.78 is 28.3. The molecule has 0 unspecified atom stereocenters. The van der Waals surface area contributed by atoms with E-state index in [2.05, 4.69) is 5.32 Å². The molecule has 0 heterocycles. The van der Waals surface area contributed by atoms with Gasteiger partial charge in [-0.05, 0) is 30.3 Å². The highest BCUT2D eigenvalue weighted by Crippen LogP contribution is 2.17. The highest BCUT2D eigenvalue weighted by molar-refractivity contribution is 7.90. The Hall–Kier alpha value is -2.85. The molecule has 7 heteroatoms. The maximum atomic E-state index is 11.9. The van der Waals surface area contributed by atoms with Crippen molar-refractivity contribution >= 4 is 21.4 Å². The largest absolute Gasteiger partial charge is 0.482 e. The van der Waals surface area contributed by atoms with E-state index in [1.807, 2.05) is 6.07 Å². The number of carbonyl (C=O) groups is 1. The van der Waals surface area contributed by atoms with Crippen molar-refractivity contribution < 1.29 is 17.9 Å². The zero-order valence-corrected chi connectivity index (χ0v) is 13.1. The molecule has 0 bridgehead atoms. The zero-order valence-electron chi connectivity index (χ0n) is 12.3. The Balaban J connectivity index is 2.02. The number of rotatable bonds is 5. The number of ether oxygens (including phenoxy) is 1. The van der Waals surface area contributed by atoms with Gasteiger partial charge in [0.1, 0.15) is 11.8 Å². The van der Waals surface area contributed by atoms with Gasteiger partial charge in [0.2, 0.25) is 0 Å². The van der Waals surface area contributed by atoms with Gasteiger partial charge in [0.05, 0.1) is 10.5 Å². The maximum Gasteiger partial charge on any atom is 0.262 e. The number of para-hydroxylation sites is 1. The molecule has 2 aromatic rings. The van der Waals surface area contributed by atoms with E-state index in [1.165, 1.54) is 18.2 Å². The summed E-state index contributed by atoms with van der Waals surface area (Å²) in [7, 11) is -3.34. The van der Waals surface area contributed by atoms with Crippen LogP contribution in [0.1, 0.15) is 5.56 Å². The van der Waals surface area contributed by atoms with E-state index in [-0.39, 0.29) is 11.5 Å². The molecule has 1 amide bonds. The van der Waals surface area contributed by atoms with Crippen LogP contribution >= 0.6 is 0 Å². The molecule has 0 aliphatic heterocycles. The maximum absolute atomic E-state index is 11.9. The van der Waals surface area contributed by atoms with Crippen LogP contribution in [-0.4, -0.2) is 27.2 Å². The highest BCUT2D eigenvalue weighted by atomic mass is 32.2. The van der Waals surface area contributed by atoms with Gasteiger partial charge in [-0.15, -0.1) is 0 Å². The predicted molar refractivity (Wildman–Crippen MR) is 84.8 cm³/mol. The fourth-order valence-corrected chi connectivity index (χ4v) is 2.50. The minimum absolute atomic E-state index is 0.117. The summed E-state index contributed by atoms with van der Waals surface area (Å²) in [6.45, 7) is -0.290. The van der Waals surface area contributed by atoms with E-state index in [0.717, 1.165) is 6.26 Å². The number of nitrogens with zero attached hydrogens (tertiary/aromatic N) is 1. The van der Waals surface area contributed by atoms with Crippen LogP contribution in [0.4, 0.5) is 5.69 Å². The van der Waals surface area contributed by atoms with Crippen LogP contribution in [0.25, 0.3) is 0 Å². The molecule has 0 radical (unpaired) electrons. The van der Waals surface area contributed by atoms with Gasteiger partial charge in [-0.2, -0.15) is 5.26 Å². The summed E-state index contributed by atoms with van der Waals surface area (Å²) in [5.41, 5.74) is 0.689. The van der Waals surface area contributed by atoms with Gasteiger partial charge in [-0.1, -0.05) is 18.2 Å². The van der Waals surface area contributed by atoms with E-state index >= 15 is 0 Å². The lowest BCUT2D eigenvalue weighted by molar-refractivity contribution is -0.118. The molecule has 0 saturated heterocycles.